The van der Waals surface area contributed by atoms with E-state index in [9.17, 15) is 0 Å². The maximum Gasteiger partial charge on any atom is 0.0233 e. The van der Waals surface area contributed by atoms with Crippen molar-refractivity contribution >= 4 is 0 Å². The third-order valence-corrected chi connectivity index (χ3v) is 5.51. The zero-order chi connectivity index (χ0) is 15.1. The summed E-state index contributed by atoms with van der Waals surface area (Å²) in [5.74, 6) is 0. The van der Waals surface area contributed by atoms with E-state index in [0.717, 1.165) is 19.5 Å². The van der Waals surface area contributed by atoms with E-state index >= 15 is 0 Å². The van der Waals surface area contributed by atoms with Crippen molar-refractivity contribution in [1.82, 2.24) is 10.2 Å². The van der Waals surface area contributed by atoms with Crippen molar-refractivity contribution in [2.24, 2.45) is 5.41 Å². The Morgan fingerprint density at radius 2 is 1.57 bits per heavy atom. The molecule has 0 aromatic heterocycles. The van der Waals surface area contributed by atoms with Gasteiger partial charge in [0.2, 0.25) is 0 Å². The Balaban J connectivity index is 1.83. The van der Waals surface area contributed by atoms with Crippen LogP contribution < -0.4 is 5.32 Å². The summed E-state index contributed by atoms with van der Waals surface area (Å²) in [6, 6.07) is 9.21. The first-order valence-corrected chi connectivity index (χ1v) is 8.66. The third-order valence-electron chi connectivity index (χ3n) is 5.51. The van der Waals surface area contributed by atoms with Gasteiger partial charge in [0.15, 0.2) is 0 Å². The summed E-state index contributed by atoms with van der Waals surface area (Å²) in [7, 11) is 2.01. The van der Waals surface area contributed by atoms with E-state index in [4.69, 9.17) is 0 Å². The van der Waals surface area contributed by atoms with Gasteiger partial charge in [0.1, 0.15) is 0 Å². The van der Waals surface area contributed by atoms with Crippen molar-refractivity contribution < 1.29 is 0 Å². The molecule has 1 aromatic rings. The van der Waals surface area contributed by atoms with Gasteiger partial charge >= 0.3 is 0 Å². The number of rotatable bonds is 7. The SMILES string of the molecule is CCC1(CC)CCN(Cc2ccc(CCNC)cc2)CC1. The molecule has 0 spiro atoms. The molecule has 21 heavy (non-hydrogen) atoms. The van der Waals surface area contributed by atoms with Gasteiger partial charge in [-0.3, -0.25) is 4.90 Å². The number of benzene rings is 1. The summed E-state index contributed by atoms with van der Waals surface area (Å²) < 4.78 is 0. The highest BCUT2D eigenvalue weighted by Gasteiger charge is 2.30. The number of nitrogens with zero attached hydrogens (tertiary/aromatic N) is 1. The second kappa shape index (κ2) is 7.95. The summed E-state index contributed by atoms with van der Waals surface area (Å²) in [4.78, 5) is 2.63. The summed E-state index contributed by atoms with van der Waals surface area (Å²) >= 11 is 0. The molecular weight excluding hydrogens is 256 g/mol. The molecule has 0 unspecified atom stereocenters. The van der Waals surface area contributed by atoms with E-state index in [1.165, 1.54) is 49.9 Å². The number of hydrogen-bond donors (Lipinski definition) is 1. The Bertz CT molecular complexity index is 396. The highest BCUT2D eigenvalue weighted by Crippen LogP contribution is 2.38. The van der Waals surface area contributed by atoms with Crippen molar-refractivity contribution in [3.8, 4) is 0 Å². The molecule has 1 aliphatic heterocycles. The van der Waals surface area contributed by atoms with Gasteiger partial charge in [0.25, 0.3) is 0 Å². The van der Waals surface area contributed by atoms with Gasteiger partial charge in [-0.15, -0.1) is 0 Å². The number of hydrogen-bond acceptors (Lipinski definition) is 2. The smallest absolute Gasteiger partial charge is 0.0233 e. The van der Waals surface area contributed by atoms with Crippen LogP contribution in [0.1, 0.15) is 50.7 Å². The Kier molecular flexibility index (Phi) is 6.25. The zero-order valence-electron chi connectivity index (χ0n) is 14.1. The fraction of sp³-hybridized carbons (Fsp3) is 0.684. The first-order chi connectivity index (χ1) is 10.2. The lowest BCUT2D eigenvalue weighted by molar-refractivity contribution is 0.0909. The van der Waals surface area contributed by atoms with Gasteiger partial charge in [-0.05, 0) is 62.5 Å². The molecule has 2 rings (SSSR count). The Morgan fingerprint density at radius 3 is 2.10 bits per heavy atom. The van der Waals surface area contributed by atoms with Crippen molar-refractivity contribution in [3.63, 3.8) is 0 Å². The van der Waals surface area contributed by atoms with Crippen LogP contribution in [-0.2, 0) is 13.0 Å². The van der Waals surface area contributed by atoms with Crippen LogP contribution in [0.25, 0.3) is 0 Å². The van der Waals surface area contributed by atoms with Gasteiger partial charge in [0, 0.05) is 6.54 Å². The maximum absolute atomic E-state index is 3.21. The van der Waals surface area contributed by atoms with E-state index in [2.05, 4.69) is 48.3 Å². The highest BCUT2D eigenvalue weighted by atomic mass is 15.1. The zero-order valence-corrected chi connectivity index (χ0v) is 14.1. The third kappa shape index (κ3) is 4.55. The van der Waals surface area contributed by atoms with Crippen LogP contribution in [-0.4, -0.2) is 31.6 Å². The number of likely N-dealkylation sites (N-methyl/N-ethyl adjacent to an activating group) is 1. The second-order valence-electron chi connectivity index (χ2n) is 6.65. The lowest BCUT2D eigenvalue weighted by Gasteiger charge is -2.41. The van der Waals surface area contributed by atoms with E-state index in [-0.39, 0.29) is 0 Å². The lowest BCUT2D eigenvalue weighted by Crippen LogP contribution is -2.39. The first-order valence-electron chi connectivity index (χ1n) is 8.66. The Hall–Kier alpha value is -0.860. The van der Waals surface area contributed by atoms with Crippen LogP contribution in [0.4, 0.5) is 0 Å². The van der Waals surface area contributed by atoms with E-state index < -0.39 is 0 Å². The van der Waals surface area contributed by atoms with Gasteiger partial charge in [0.05, 0.1) is 0 Å². The van der Waals surface area contributed by atoms with Crippen LogP contribution >= 0.6 is 0 Å². The number of piperidine rings is 1. The molecule has 2 nitrogen and oxygen atoms in total. The minimum Gasteiger partial charge on any atom is -0.319 e. The van der Waals surface area contributed by atoms with Crippen molar-refractivity contribution in [1.29, 1.82) is 0 Å². The Labute approximate surface area is 130 Å². The second-order valence-corrected chi connectivity index (χ2v) is 6.65. The van der Waals surface area contributed by atoms with Crippen molar-refractivity contribution in [2.75, 3.05) is 26.7 Å². The lowest BCUT2D eigenvalue weighted by atomic mass is 9.74. The summed E-state index contributed by atoms with van der Waals surface area (Å²) in [6.45, 7) is 9.44. The van der Waals surface area contributed by atoms with Gasteiger partial charge in [-0.2, -0.15) is 0 Å². The molecule has 0 amide bonds. The standard InChI is InChI=1S/C19H32N2/c1-4-19(5-2)11-14-21(15-12-19)16-18-8-6-17(7-9-18)10-13-20-3/h6-9,20H,4-5,10-16H2,1-3H3. The molecule has 0 atom stereocenters. The fourth-order valence-corrected chi connectivity index (χ4v) is 3.48. The Morgan fingerprint density at radius 1 is 1.00 bits per heavy atom. The minimum atomic E-state index is 0.632. The average molecular weight is 288 g/mol. The highest BCUT2D eigenvalue weighted by molar-refractivity contribution is 5.22. The van der Waals surface area contributed by atoms with Crippen LogP contribution in [0.5, 0.6) is 0 Å². The monoisotopic (exact) mass is 288 g/mol. The molecule has 1 aliphatic rings. The van der Waals surface area contributed by atoms with Crippen LogP contribution in [0.3, 0.4) is 0 Å². The minimum absolute atomic E-state index is 0.632. The molecule has 1 heterocycles. The quantitative estimate of drug-likeness (QED) is 0.820. The molecule has 118 valence electrons. The van der Waals surface area contributed by atoms with Gasteiger partial charge in [-0.25, -0.2) is 0 Å². The molecule has 0 bridgehead atoms. The molecule has 1 saturated heterocycles. The molecule has 1 N–H and O–H groups in total. The van der Waals surface area contributed by atoms with Crippen LogP contribution in [0.15, 0.2) is 24.3 Å². The fourth-order valence-electron chi connectivity index (χ4n) is 3.48. The number of likely N-dealkylation sites (tertiary alicyclic amines) is 1. The van der Waals surface area contributed by atoms with Crippen LogP contribution in [0.2, 0.25) is 0 Å². The van der Waals surface area contributed by atoms with Crippen molar-refractivity contribution in [3.05, 3.63) is 35.4 Å². The molecule has 0 saturated carbocycles. The van der Waals surface area contributed by atoms with E-state index in [0.29, 0.717) is 5.41 Å². The molecular formula is C19H32N2. The topological polar surface area (TPSA) is 15.3 Å². The molecule has 1 aromatic carbocycles. The summed E-state index contributed by atoms with van der Waals surface area (Å²) in [6.07, 6.45) is 6.56. The van der Waals surface area contributed by atoms with E-state index in [1.807, 2.05) is 7.05 Å². The maximum atomic E-state index is 3.21. The first kappa shape index (κ1) is 16.5. The normalized spacial score (nSPS) is 18.8. The summed E-state index contributed by atoms with van der Waals surface area (Å²) in [5.41, 5.74) is 3.53. The summed E-state index contributed by atoms with van der Waals surface area (Å²) in [5, 5.41) is 3.21. The molecule has 0 radical (unpaired) electrons. The molecule has 1 fully saturated rings. The van der Waals surface area contributed by atoms with Crippen molar-refractivity contribution in [2.45, 2.75) is 52.5 Å². The molecule has 2 heteroatoms. The van der Waals surface area contributed by atoms with Crippen LogP contribution in [0, 0.1) is 5.41 Å². The predicted octanol–water partition coefficient (Wildman–Crippen LogP) is 3.85. The predicted molar refractivity (Wildman–Crippen MR) is 91.6 cm³/mol. The average Bonchev–Trinajstić information content (AvgIpc) is 2.55. The van der Waals surface area contributed by atoms with E-state index in [1.54, 1.807) is 0 Å². The molecule has 0 aliphatic carbocycles. The van der Waals surface area contributed by atoms with Gasteiger partial charge in [-0.1, -0.05) is 51.0 Å². The largest absolute Gasteiger partial charge is 0.319 e. The number of nitrogens with one attached hydrogen (secondary N) is 1. The van der Waals surface area contributed by atoms with Gasteiger partial charge < -0.3 is 5.32 Å².